The molecule has 0 radical (unpaired) electrons. The zero-order valence-electron chi connectivity index (χ0n) is 31.7. The fourth-order valence-electron chi connectivity index (χ4n) is 9.28. The maximum absolute atomic E-state index is 15.1. The number of benzene rings is 1. The molecule has 5 aliphatic rings. The lowest BCUT2D eigenvalue weighted by Gasteiger charge is -2.43. The highest BCUT2D eigenvalue weighted by molar-refractivity contribution is 6.30. The van der Waals surface area contributed by atoms with E-state index in [4.69, 9.17) is 16.3 Å². The van der Waals surface area contributed by atoms with E-state index in [1.54, 1.807) is 0 Å². The highest BCUT2D eigenvalue weighted by atomic mass is 35.5. The zero-order valence-corrected chi connectivity index (χ0v) is 32.5. The summed E-state index contributed by atoms with van der Waals surface area (Å²) in [6, 6.07) is 7.63. The first-order chi connectivity index (χ1) is 23.6. The monoisotopic (exact) mass is 711 g/mol. The number of carbonyl (C=O) groups excluding carboxylic acids is 3. The lowest BCUT2D eigenvalue weighted by Crippen LogP contribution is -2.56. The number of nitrogens with zero attached hydrogens (tertiary/aromatic N) is 5. The van der Waals surface area contributed by atoms with Crippen molar-refractivity contribution in [3.8, 4) is 0 Å². The molecule has 0 bridgehead atoms. The van der Waals surface area contributed by atoms with Gasteiger partial charge in [-0.3, -0.25) is 24.2 Å². The number of rotatable bonds is 7. The fourth-order valence-corrected chi connectivity index (χ4v) is 9.41. The Morgan fingerprint density at radius 3 is 2.14 bits per heavy atom. The quantitative estimate of drug-likeness (QED) is 0.364. The van der Waals surface area contributed by atoms with Gasteiger partial charge in [-0.25, -0.2) is 0 Å². The Bertz CT molecular complexity index is 1350. The highest BCUT2D eigenvalue weighted by Crippen LogP contribution is 2.42. The van der Waals surface area contributed by atoms with E-state index in [0.29, 0.717) is 50.3 Å². The van der Waals surface area contributed by atoms with Crippen LogP contribution in [0.25, 0.3) is 0 Å². The van der Waals surface area contributed by atoms with Crippen molar-refractivity contribution in [2.45, 2.75) is 135 Å². The van der Waals surface area contributed by atoms with Crippen LogP contribution in [0.15, 0.2) is 24.3 Å². The smallest absolute Gasteiger partial charge is 0.252 e. The zero-order chi connectivity index (χ0) is 36.0. The van der Waals surface area contributed by atoms with Gasteiger partial charge < -0.3 is 19.4 Å². The molecule has 278 valence electrons. The molecule has 0 spiro atoms. The average molecular weight is 712 g/mol. The molecular weight excluding hydrogens is 650 g/mol. The lowest BCUT2D eigenvalue weighted by atomic mass is 9.75. The van der Waals surface area contributed by atoms with Gasteiger partial charge in [0, 0.05) is 81.0 Å². The average Bonchev–Trinajstić information content (AvgIpc) is 3.86. The van der Waals surface area contributed by atoms with E-state index in [1.807, 2.05) is 21.9 Å². The van der Waals surface area contributed by atoms with Gasteiger partial charge >= 0.3 is 0 Å². The standard InChI is InChI=1S/C40H62ClN5O4/c1-27(2)42-18-20-43(21-19-42)37(48)34-23-31(46(38(49)35-9-8-22-50-35)30-14-16-40(6,7)17-15-30)24-45(34)36(47)33-26-44(39(3,4)5)25-32(33)28-10-12-29(41)13-11-28/h10-13,27,30-35H,8-9,14-26H2,1-7H3/t31-,32-,33+,34-,35-/m0/s1. The van der Waals surface area contributed by atoms with Crippen LogP contribution in [-0.4, -0.2) is 130 Å². The van der Waals surface area contributed by atoms with Gasteiger partial charge in [0.25, 0.3) is 5.91 Å². The number of halogens is 1. The van der Waals surface area contributed by atoms with Crippen molar-refractivity contribution in [2.75, 3.05) is 52.4 Å². The third-order valence-electron chi connectivity index (χ3n) is 12.6. The van der Waals surface area contributed by atoms with E-state index in [-0.39, 0.29) is 52.6 Å². The second-order valence-corrected chi connectivity index (χ2v) is 18.3. The summed E-state index contributed by atoms with van der Waals surface area (Å²) in [6.45, 7) is 21.0. The molecule has 50 heavy (non-hydrogen) atoms. The van der Waals surface area contributed by atoms with Crippen LogP contribution in [0.1, 0.15) is 105 Å². The SMILES string of the molecule is CC(C)N1CCN(C(=O)[C@@H]2C[C@H](N(C(=O)[C@@H]3CCCO3)C3CCC(C)(C)CC3)CN2C(=O)[C@@H]2CN(C(C)(C)C)C[C@H]2c2ccc(Cl)cc2)CC1. The second-order valence-electron chi connectivity index (χ2n) is 17.8. The summed E-state index contributed by atoms with van der Waals surface area (Å²) in [5, 5.41) is 0.676. The molecule has 1 saturated carbocycles. The topological polar surface area (TPSA) is 76.6 Å². The van der Waals surface area contributed by atoms with E-state index >= 15 is 4.79 Å². The third-order valence-corrected chi connectivity index (χ3v) is 12.9. The van der Waals surface area contributed by atoms with Crippen LogP contribution in [0.4, 0.5) is 0 Å². The van der Waals surface area contributed by atoms with Gasteiger partial charge in [-0.1, -0.05) is 37.6 Å². The van der Waals surface area contributed by atoms with Gasteiger partial charge in [0.2, 0.25) is 11.8 Å². The molecule has 1 aromatic rings. The largest absolute Gasteiger partial charge is 0.368 e. The Kier molecular flexibility index (Phi) is 11.3. The van der Waals surface area contributed by atoms with Crippen molar-refractivity contribution in [1.29, 1.82) is 0 Å². The number of carbonyl (C=O) groups is 3. The summed E-state index contributed by atoms with van der Waals surface area (Å²) in [5.41, 5.74) is 1.24. The number of hydrogen-bond donors (Lipinski definition) is 0. The van der Waals surface area contributed by atoms with Gasteiger partial charge in [0.05, 0.1) is 12.0 Å². The molecule has 0 N–H and O–H groups in total. The Hall–Kier alpha value is -2.20. The van der Waals surface area contributed by atoms with Crippen LogP contribution in [0.2, 0.25) is 5.02 Å². The minimum absolute atomic E-state index is 0.0198. The molecule has 10 heteroatoms. The molecule has 1 aliphatic carbocycles. The Labute approximate surface area is 306 Å². The first-order valence-corrected chi connectivity index (χ1v) is 19.8. The van der Waals surface area contributed by atoms with Crippen molar-refractivity contribution in [3.05, 3.63) is 34.9 Å². The van der Waals surface area contributed by atoms with E-state index in [2.05, 4.69) is 75.3 Å². The molecule has 1 aromatic carbocycles. The summed E-state index contributed by atoms with van der Waals surface area (Å²) >= 11 is 6.30. The Balaban J connectivity index is 1.32. The number of ether oxygens (including phenoxy) is 1. The normalized spacial score (nSPS) is 30.0. The molecule has 4 heterocycles. The van der Waals surface area contributed by atoms with Gasteiger partial charge in [-0.2, -0.15) is 0 Å². The minimum Gasteiger partial charge on any atom is -0.368 e. The van der Waals surface area contributed by atoms with Gasteiger partial charge in [-0.05, 0) is 103 Å². The number of piperazine rings is 1. The molecule has 0 aromatic heterocycles. The van der Waals surface area contributed by atoms with E-state index in [1.165, 1.54) is 0 Å². The molecule has 3 amide bonds. The van der Waals surface area contributed by atoms with Crippen molar-refractivity contribution in [3.63, 3.8) is 0 Å². The summed E-state index contributed by atoms with van der Waals surface area (Å²) in [7, 11) is 0. The van der Waals surface area contributed by atoms with Crippen LogP contribution in [0.5, 0.6) is 0 Å². The first kappa shape index (κ1) is 37.6. The van der Waals surface area contributed by atoms with E-state index in [9.17, 15) is 9.59 Å². The van der Waals surface area contributed by atoms with Gasteiger partial charge in [0.1, 0.15) is 12.1 Å². The van der Waals surface area contributed by atoms with Crippen molar-refractivity contribution >= 4 is 29.3 Å². The molecule has 6 rings (SSSR count). The maximum atomic E-state index is 15.1. The Morgan fingerprint density at radius 2 is 1.56 bits per heavy atom. The van der Waals surface area contributed by atoms with Gasteiger partial charge in [-0.15, -0.1) is 0 Å². The molecule has 4 saturated heterocycles. The Morgan fingerprint density at radius 1 is 0.900 bits per heavy atom. The first-order valence-electron chi connectivity index (χ1n) is 19.4. The van der Waals surface area contributed by atoms with Crippen molar-refractivity contribution in [1.82, 2.24) is 24.5 Å². The van der Waals surface area contributed by atoms with Crippen molar-refractivity contribution < 1.29 is 19.1 Å². The number of hydrogen-bond acceptors (Lipinski definition) is 6. The molecule has 9 nitrogen and oxygen atoms in total. The molecule has 4 aliphatic heterocycles. The van der Waals surface area contributed by atoms with Gasteiger partial charge in [0.15, 0.2) is 0 Å². The number of likely N-dealkylation sites (tertiary alicyclic amines) is 2. The predicted octanol–water partition coefficient (Wildman–Crippen LogP) is 5.65. The summed E-state index contributed by atoms with van der Waals surface area (Å²) in [6.07, 6.45) is 5.65. The summed E-state index contributed by atoms with van der Waals surface area (Å²) < 4.78 is 5.99. The molecule has 0 unspecified atom stereocenters. The second kappa shape index (κ2) is 15.0. The molecule has 5 fully saturated rings. The van der Waals surface area contributed by atoms with Crippen LogP contribution < -0.4 is 0 Å². The summed E-state index contributed by atoms with van der Waals surface area (Å²) in [5.74, 6) is -0.199. The van der Waals surface area contributed by atoms with Crippen molar-refractivity contribution in [2.24, 2.45) is 11.3 Å². The fraction of sp³-hybridized carbons (Fsp3) is 0.775. The molecule has 5 atom stereocenters. The minimum atomic E-state index is -0.590. The van der Waals surface area contributed by atoms with Crippen LogP contribution in [0.3, 0.4) is 0 Å². The van der Waals surface area contributed by atoms with Crippen LogP contribution in [-0.2, 0) is 19.1 Å². The van der Waals surface area contributed by atoms with E-state index < -0.39 is 12.1 Å². The predicted molar refractivity (Wildman–Crippen MR) is 198 cm³/mol. The van der Waals surface area contributed by atoms with E-state index in [0.717, 1.165) is 63.7 Å². The highest BCUT2D eigenvalue weighted by Gasteiger charge is 2.52. The number of amides is 3. The van der Waals surface area contributed by atoms with Crippen LogP contribution in [0, 0.1) is 11.3 Å². The summed E-state index contributed by atoms with van der Waals surface area (Å²) in [4.78, 5) is 55.0. The molecular formula is C40H62ClN5O4. The third kappa shape index (κ3) is 8.06. The maximum Gasteiger partial charge on any atom is 0.252 e. The van der Waals surface area contributed by atoms with Crippen LogP contribution >= 0.6 is 11.6 Å². The lowest BCUT2D eigenvalue weighted by molar-refractivity contribution is -0.148.